The van der Waals surface area contributed by atoms with E-state index in [1.54, 1.807) is 12.1 Å². The van der Waals surface area contributed by atoms with Crippen molar-refractivity contribution in [1.29, 1.82) is 0 Å². The van der Waals surface area contributed by atoms with Gasteiger partial charge in [-0.2, -0.15) is 0 Å². The Morgan fingerprint density at radius 3 is 2.42 bits per heavy atom. The van der Waals surface area contributed by atoms with Gasteiger partial charge in [0.2, 0.25) is 0 Å². The van der Waals surface area contributed by atoms with Crippen molar-refractivity contribution in [1.82, 2.24) is 5.32 Å². The van der Waals surface area contributed by atoms with E-state index in [0.717, 1.165) is 31.5 Å². The monoisotopic (exact) mass is 345 g/mol. The Labute approximate surface area is 146 Å². The minimum Gasteiger partial charge on any atom is -0.480 e. The Hall–Kier alpha value is -2.04. The van der Waals surface area contributed by atoms with Crippen LogP contribution in [0.4, 0.5) is 0 Å². The van der Waals surface area contributed by atoms with E-state index in [0.29, 0.717) is 10.8 Å². The minimum absolute atomic E-state index is 0.161. The highest BCUT2D eigenvalue weighted by atomic mass is 35.5. The first-order chi connectivity index (χ1) is 11.7. The van der Waals surface area contributed by atoms with Crippen LogP contribution in [0.25, 0.3) is 0 Å². The number of halogens is 1. The molecule has 0 aliphatic carbocycles. The lowest BCUT2D eigenvalue weighted by molar-refractivity contribution is -0.166. The van der Waals surface area contributed by atoms with Crippen LogP contribution >= 0.6 is 11.6 Å². The number of esters is 1. The van der Waals surface area contributed by atoms with Gasteiger partial charge >= 0.3 is 5.97 Å². The smallest absolute Gasteiger partial charge is 0.345 e. The first-order valence-electron chi connectivity index (χ1n) is 8.05. The summed E-state index contributed by atoms with van der Waals surface area (Å²) < 4.78 is 11.4. The van der Waals surface area contributed by atoms with E-state index in [2.05, 4.69) is 5.32 Å². The van der Waals surface area contributed by atoms with Crippen molar-refractivity contribution < 1.29 is 14.3 Å². The average molecular weight is 346 g/mol. The molecule has 0 spiro atoms. The van der Waals surface area contributed by atoms with E-state index in [4.69, 9.17) is 21.1 Å². The standard InChI is InChI=1S/C19H20ClNO3/c20-16-8-4-5-9-17(16)23-14-18(22)24-19(10-12-21-13-11-19)15-6-2-1-3-7-15/h1-9,21H,10-14H2. The molecule has 126 valence electrons. The molecule has 1 N–H and O–H groups in total. The van der Waals surface area contributed by atoms with Gasteiger partial charge in [-0.15, -0.1) is 0 Å². The first-order valence-corrected chi connectivity index (χ1v) is 8.43. The summed E-state index contributed by atoms with van der Waals surface area (Å²) in [7, 11) is 0. The summed E-state index contributed by atoms with van der Waals surface area (Å²) >= 11 is 6.04. The van der Waals surface area contributed by atoms with E-state index >= 15 is 0 Å². The Balaban J connectivity index is 1.69. The summed E-state index contributed by atoms with van der Waals surface area (Å²) in [4.78, 5) is 12.4. The molecule has 4 nitrogen and oxygen atoms in total. The summed E-state index contributed by atoms with van der Waals surface area (Å²) in [6, 6.07) is 17.0. The molecule has 2 aromatic rings. The highest BCUT2D eigenvalue weighted by Crippen LogP contribution is 2.35. The van der Waals surface area contributed by atoms with Crippen LogP contribution in [-0.2, 0) is 15.1 Å². The van der Waals surface area contributed by atoms with Gasteiger partial charge in [0.15, 0.2) is 6.61 Å². The number of carbonyl (C=O) groups is 1. The topological polar surface area (TPSA) is 47.6 Å². The molecule has 0 radical (unpaired) electrons. The molecule has 0 bridgehead atoms. The number of ether oxygens (including phenoxy) is 2. The van der Waals surface area contributed by atoms with Crippen molar-refractivity contribution in [3.05, 3.63) is 65.2 Å². The summed E-state index contributed by atoms with van der Waals surface area (Å²) in [6.45, 7) is 1.47. The largest absolute Gasteiger partial charge is 0.480 e. The number of para-hydroxylation sites is 1. The van der Waals surface area contributed by atoms with Gasteiger partial charge in [-0.3, -0.25) is 0 Å². The maximum Gasteiger partial charge on any atom is 0.345 e. The second-order valence-electron chi connectivity index (χ2n) is 5.80. The van der Waals surface area contributed by atoms with Gasteiger partial charge in [-0.25, -0.2) is 4.79 Å². The van der Waals surface area contributed by atoms with E-state index in [1.165, 1.54) is 0 Å². The molecule has 24 heavy (non-hydrogen) atoms. The zero-order valence-corrected chi connectivity index (χ0v) is 14.1. The second-order valence-corrected chi connectivity index (χ2v) is 6.21. The summed E-state index contributed by atoms with van der Waals surface area (Å²) in [5.41, 5.74) is 0.436. The van der Waals surface area contributed by atoms with Crippen molar-refractivity contribution in [3.8, 4) is 5.75 Å². The lowest BCUT2D eigenvalue weighted by Gasteiger charge is -2.37. The summed E-state index contributed by atoms with van der Waals surface area (Å²) in [6.07, 6.45) is 1.49. The third kappa shape index (κ3) is 3.89. The molecule has 1 saturated heterocycles. The number of hydrogen-bond acceptors (Lipinski definition) is 4. The molecule has 1 fully saturated rings. The van der Waals surface area contributed by atoms with Crippen molar-refractivity contribution in [3.63, 3.8) is 0 Å². The fourth-order valence-corrected chi connectivity index (χ4v) is 3.16. The molecule has 0 atom stereocenters. The van der Waals surface area contributed by atoms with Gasteiger partial charge in [0.25, 0.3) is 0 Å². The van der Waals surface area contributed by atoms with Crippen LogP contribution < -0.4 is 10.1 Å². The van der Waals surface area contributed by atoms with E-state index < -0.39 is 5.60 Å². The van der Waals surface area contributed by atoms with Crippen LogP contribution in [-0.4, -0.2) is 25.7 Å². The Kier molecular flexibility index (Phi) is 5.38. The first kappa shape index (κ1) is 16.8. The number of carbonyl (C=O) groups excluding carboxylic acids is 1. The van der Waals surface area contributed by atoms with E-state index in [9.17, 15) is 4.79 Å². The minimum atomic E-state index is -0.590. The van der Waals surface area contributed by atoms with Gasteiger partial charge in [0.05, 0.1) is 5.02 Å². The maximum atomic E-state index is 12.4. The summed E-state index contributed by atoms with van der Waals surface area (Å²) in [5, 5.41) is 3.78. The molecule has 3 rings (SSSR count). The molecule has 0 unspecified atom stereocenters. The van der Waals surface area contributed by atoms with Crippen LogP contribution in [0, 0.1) is 0 Å². The fraction of sp³-hybridized carbons (Fsp3) is 0.316. The average Bonchev–Trinajstić information content (AvgIpc) is 2.62. The van der Waals surface area contributed by atoms with Crippen molar-refractivity contribution in [2.24, 2.45) is 0 Å². The molecule has 2 aromatic carbocycles. The van der Waals surface area contributed by atoms with Gasteiger partial charge < -0.3 is 14.8 Å². The van der Waals surface area contributed by atoms with Gasteiger partial charge in [-0.05, 0) is 30.8 Å². The lowest BCUT2D eigenvalue weighted by Crippen LogP contribution is -2.43. The zero-order valence-electron chi connectivity index (χ0n) is 13.3. The lowest BCUT2D eigenvalue weighted by atomic mass is 9.85. The van der Waals surface area contributed by atoms with Gasteiger partial charge in [0.1, 0.15) is 11.4 Å². The van der Waals surface area contributed by atoms with Crippen molar-refractivity contribution >= 4 is 17.6 Å². The number of nitrogens with one attached hydrogen (secondary N) is 1. The van der Waals surface area contributed by atoms with Crippen molar-refractivity contribution in [2.75, 3.05) is 19.7 Å². The number of piperidine rings is 1. The van der Waals surface area contributed by atoms with Gasteiger partial charge in [0, 0.05) is 12.8 Å². The van der Waals surface area contributed by atoms with E-state index in [1.807, 2.05) is 42.5 Å². The Morgan fingerprint density at radius 1 is 1.04 bits per heavy atom. The van der Waals surface area contributed by atoms with E-state index in [-0.39, 0.29) is 12.6 Å². The quantitative estimate of drug-likeness (QED) is 0.842. The third-order valence-corrected chi connectivity index (χ3v) is 4.51. The zero-order chi connectivity index (χ0) is 16.8. The van der Waals surface area contributed by atoms with Crippen molar-refractivity contribution in [2.45, 2.75) is 18.4 Å². The molecule has 1 aliphatic heterocycles. The molecule has 5 heteroatoms. The molecule has 1 aliphatic rings. The number of hydrogen-bond donors (Lipinski definition) is 1. The Morgan fingerprint density at radius 2 is 1.71 bits per heavy atom. The molecule has 0 amide bonds. The number of benzene rings is 2. The normalized spacial score (nSPS) is 16.4. The summed E-state index contributed by atoms with van der Waals surface area (Å²) in [5.74, 6) is 0.0934. The fourth-order valence-electron chi connectivity index (χ4n) is 2.97. The molecule has 1 heterocycles. The predicted octanol–water partition coefficient (Wildman–Crippen LogP) is 3.54. The van der Waals surface area contributed by atoms with Crippen LogP contribution in [0.1, 0.15) is 18.4 Å². The SMILES string of the molecule is O=C(COc1ccccc1Cl)OC1(c2ccccc2)CCNCC1. The van der Waals surface area contributed by atoms with Crippen LogP contribution in [0.5, 0.6) is 5.75 Å². The van der Waals surface area contributed by atoms with Crippen LogP contribution in [0.2, 0.25) is 5.02 Å². The molecular weight excluding hydrogens is 326 g/mol. The molecule has 0 aromatic heterocycles. The Bertz CT molecular complexity index is 684. The van der Waals surface area contributed by atoms with Crippen LogP contribution in [0.3, 0.4) is 0 Å². The molecule has 0 saturated carbocycles. The highest BCUT2D eigenvalue weighted by Gasteiger charge is 2.37. The third-order valence-electron chi connectivity index (χ3n) is 4.20. The second kappa shape index (κ2) is 7.69. The predicted molar refractivity (Wildman–Crippen MR) is 93.3 cm³/mol. The molecular formula is C19H20ClNO3. The van der Waals surface area contributed by atoms with Gasteiger partial charge in [-0.1, -0.05) is 54.1 Å². The highest BCUT2D eigenvalue weighted by molar-refractivity contribution is 6.32. The van der Waals surface area contributed by atoms with Crippen LogP contribution in [0.15, 0.2) is 54.6 Å². The number of rotatable bonds is 5. The maximum absolute atomic E-state index is 12.4.